The normalized spacial score (nSPS) is 20.0. The Morgan fingerprint density at radius 1 is 1.11 bits per heavy atom. The van der Waals surface area contributed by atoms with Crippen LogP contribution in [-0.4, -0.2) is 24.3 Å². The average Bonchev–Trinajstić information content (AvgIpc) is 2.42. The number of ketones is 1. The second kappa shape index (κ2) is 6.05. The van der Waals surface area contributed by atoms with E-state index in [-0.39, 0.29) is 5.78 Å². The standard InChI is InChI=1S/C16H17NO2/c1-3-19-16-12-14(6-7-15(16)18)5-4-13-8-10-17(2)11-9-13/h4-12H,3H2,1-2H3/b14-5+. The van der Waals surface area contributed by atoms with Crippen molar-refractivity contribution in [2.75, 3.05) is 13.7 Å². The van der Waals surface area contributed by atoms with Gasteiger partial charge in [-0.25, -0.2) is 0 Å². The third kappa shape index (κ3) is 3.58. The first kappa shape index (κ1) is 13.1. The van der Waals surface area contributed by atoms with Gasteiger partial charge in [-0.15, -0.1) is 0 Å². The molecule has 0 radical (unpaired) electrons. The summed E-state index contributed by atoms with van der Waals surface area (Å²) in [6.45, 7) is 2.36. The molecule has 3 heteroatoms. The van der Waals surface area contributed by atoms with Crippen molar-refractivity contribution in [3.05, 3.63) is 71.8 Å². The van der Waals surface area contributed by atoms with Crippen LogP contribution in [-0.2, 0) is 9.53 Å². The van der Waals surface area contributed by atoms with Crippen molar-refractivity contribution in [1.82, 2.24) is 4.90 Å². The fourth-order valence-electron chi connectivity index (χ4n) is 1.71. The monoisotopic (exact) mass is 255 g/mol. The van der Waals surface area contributed by atoms with Crippen LogP contribution in [0.4, 0.5) is 0 Å². The molecule has 0 aromatic rings. The Balaban J connectivity index is 2.14. The van der Waals surface area contributed by atoms with Crippen molar-refractivity contribution in [2.24, 2.45) is 0 Å². The molecule has 0 atom stereocenters. The van der Waals surface area contributed by atoms with Gasteiger partial charge in [0, 0.05) is 19.4 Å². The molecule has 0 spiro atoms. The zero-order valence-electron chi connectivity index (χ0n) is 11.2. The number of carbonyl (C=O) groups is 1. The maximum absolute atomic E-state index is 11.5. The van der Waals surface area contributed by atoms with Gasteiger partial charge in [0.05, 0.1) is 6.61 Å². The van der Waals surface area contributed by atoms with Crippen LogP contribution >= 0.6 is 0 Å². The zero-order valence-corrected chi connectivity index (χ0v) is 11.2. The second-order valence-corrected chi connectivity index (χ2v) is 4.27. The minimum absolute atomic E-state index is 0.0780. The van der Waals surface area contributed by atoms with Gasteiger partial charge in [0.15, 0.2) is 5.76 Å². The molecule has 1 aliphatic heterocycles. The van der Waals surface area contributed by atoms with E-state index in [0.717, 1.165) is 11.1 Å². The van der Waals surface area contributed by atoms with Crippen LogP contribution in [0, 0.1) is 0 Å². The molecule has 0 aromatic heterocycles. The Bertz CT molecular complexity index is 529. The first-order valence-electron chi connectivity index (χ1n) is 6.26. The third-order valence-electron chi connectivity index (χ3n) is 2.74. The van der Waals surface area contributed by atoms with Crippen LogP contribution in [0.5, 0.6) is 0 Å². The molecule has 0 amide bonds. The zero-order chi connectivity index (χ0) is 13.7. The Morgan fingerprint density at radius 2 is 1.79 bits per heavy atom. The highest BCUT2D eigenvalue weighted by Gasteiger charge is 2.11. The van der Waals surface area contributed by atoms with E-state index in [1.165, 1.54) is 6.08 Å². The van der Waals surface area contributed by atoms with Crippen LogP contribution in [0.3, 0.4) is 0 Å². The highest BCUT2D eigenvalue weighted by Crippen LogP contribution is 2.15. The maximum atomic E-state index is 11.5. The molecule has 0 bridgehead atoms. The van der Waals surface area contributed by atoms with Crippen LogP contribution in [0.15, 0.2) is 71.8 Å². The van der Waals surface area contributed by atoms with Crippen molar-refractivity contribution >= 4 is 5.78 Å². The van der Waals surface area contributed by atoms with Crippen molar-refractivity contribution in [1.29, 1.82) is 0 Å². The van der Waals surface area contributed by atoms with Crippen LogP contribution in [0.1, 0.15) is 6.92 Å². The molecular formula is C16H17NO2. The number of hydrogen-bond acceptors (Lipinski definition) is 3. The van der Waals surface area contributed by atoms with Gasteiger partial charge in [0.1, 0.15) is 0 Å². The number of carbonyl (C=O) groups excluding carboxylic acids is 1. The summed E-state index contributed by atoms with van der Waals surface area (Å²) in [6, 6.07) is 0. The predicted octanol–water partition coefficient (Wildman–Crippen LogP) is 2.87. The van der Waals surface area contributed by atoms with E-state index in [9.17, 15) is 4.79 Å². The van der Waals surface area contributed by atoms with E-state index in [4.69, 9.17) is 4.74 Å². The van der Waals surface area contributed by atoms with E-state index in [2.05, 4.69) is 0 Å². The predicted molar refractivity (Wildman–Crippen MR) is 76.1 cm³/mol. The van der Waals surface area contributed by atoms with E-state index in [1.807, 2.05) is 55.6 Å². The molecule has 0 saturated heterocycles. The van der Waals surface area contributed by atoms with Crippen LogP contribution in [0.25, 0.3) is 0 Å². The Morgan fingerprint density at radius 3 is 2.47 bits per heavy atom. The van der Waals surface area contributed by atoms with Gasteiger partial charge in [0.2, 0.25) is 5.78 Å². The summed E-state index contributed by atoms with van der Waals surface area (Å²) in [5, 5.41) is 0. The number of hydrogen-bond donors (Lipinski definition) is 0. The fraction of sp³-hybridized carbons (Fsp3) is 0.188. The lowest BCUT2D eigenvalue weighted by Crippen LogP contribution is -2.06. The molecule has 98 valence electrons. The minimum Gasteiger partial charge on any atom is -0.490 e. The Hall–Kier alpha value is -2.29. The summed E-state index contributed by atoms with van der Waals surface area (Å²) in [7, 11) is 1.98. The summed E-state index contributed by atoms with van der Waals surface area (Å²) < 4.78 is 5.30. The lowest BCUT2D eigenvalue weighted by molar-refractivity contribution is -0.114. The van der Waals surface area contributed by atoms with Crippen molar-refractivity contribution in [3.8, 4) is 0 Å². The second-order valence-electron chi connectivity index (χ2n) is 4.27. The van der Waals surface area contributed by atoms with E-state index in [1.54, 1.807) is 12.2 Å². The van der Waals surface area contributed by atoms with Gasteiger partial charge in [-0.05, 0) is 42.4 Å². The third-order valence-corrected chi connectivity index (χ3v) is 2.74. The topological polar surface area (TPSA) is 29.5 Å². The van der Waals surface area contributed by atoms with Crippen LogP contribution < -0.4 is 0 Å². The van der Waals surface area contributed by atoms with Gasteiger partial charge >= 0.3 is 0 Å². The number of allylic oxidation sites excluding steroid dienone is 9. The lowest BCUT2D eigenvalue weighted by Gasteiger charge is -2.11. The largest absolute Gasteiger partial charge is 0.490 e. The quantitative estimate of drug-likeness (QED) is 0.776. The molecule has 0 N–H and O–H groups in total. The summed E-state index contributed by atoms with van der Waals surface area (Å²) in [5.74, 6) is 0.329. The van der Waals surface area contributed by atoms with Gasteiger partial charge < -0.3 is 9.64 Å². The molecule has 0 saturated carbocycles. The summed E-state index contributed by atoms with van der Waals surface area (Å²) in [4.78, 5) is 13.5. The molecule has 19 heavy (non-hydrogen) atoms. The van der Waals surface area contributed by atoms with Gasteiger partial charge in [-0.2, -0.15) is 0 Å². The van der Waals surface area contributed by atoms with Crippen LogP contribution in [0.2, 0.25) is 0 Å². The van der Waals surface area contributed by atoms with Crippen molar-refractivity contribution in [3.63, 3.8) is 0 Å². The first-order valence-corrected chi connectivity index (χ1v) is 6.26. The molecule has 2 rings (SSSR count). The van der Waals surface area contributed by atoms with Crippen molar-refractivity contribution < 1.29 is 9.53 Å². The first-order chi connectivity index (χ1) is 9.19. The fourth-order valence-corrected chi connectivity index (χ4v) is 1.71. The number of ether oxygens (including phenoxy) is 1. The molecule has 0 unspecified atom stereocenters. The van der Waals surface area contributed by atoms with Crippen molar-refractivity contribution in [2.45, 2.75) is 6.92 Å². The minimum atomic E-state index is -0.0780. The lowest BCUT2D eigenvalue weighted by atomic mass is 10.1. The average molecular weight is 255 g/mol. The Labute approximate surface area is 113 Å². The summed E-state index contributed by atoms with van der Waals surface area (Å²) in [5.41, 5.74) is 2.07. The smallest absolute Gasteiger partial charge is 0.220 e. The van der Waals surface area contributed by atoms with Gasteiger partial charge in [-0.1, -0.05) is 18.2 Å². The molecule has 2 aliphatic rings. The highest BCUT2D eigenvalue weighted by atomic mass is 16.5. The van der Waals surface area contributed by atoms with E-state index >= 15 is 0 Å². The van der Waals surface area contributed by atoms with Gasteiger partial charge in [0.25, 0.3) is 0 Å². The molecule has 0 fully saturated rings. The molecule has 1 heterocycles. The number of rotatable bonds is 3. The highest BCUT2D eigenvalue weighted by molar-refractivity contribution is 6.04. The molecule has 0 aromatic carbocycles. The van der Waals surface area contributed by atoms with E-state index in [0.29, 0.717) is 12.4 Å². The SMILES string of the molecule is CCOC1=C/C(=C/C=C2C=CN(C)C=C2)C=CC1=O. The summed E-state index contributed by atoms with van der Waals surface area (Å²) in [6.07, 6.45) is 17.1. The molecular weight excluding hydrogens is 238 g/mol. The molecule has 1 aliphatic carbocycles. The van der Waals surface area contributed by atoms with E-state index < -0.39 is 0 Å². The summed E-state index contributed by atoms with van der Waals surface area (Å²) >= 11 is 0. The maximum Gasteiger partial charge on any atom is 0.220 e. The molecule has 3 nitrogen and oxygen atoms in total. The van der Waals surface area contributed by atoms with Gasteiger partial charge in [-0.3, -0.25) is 4.79 Å². The Kier molecular flexibility index (Phi) is 4.18. The number of nitrogens with zero attached hydrogens (tertiary/aromatic N) is 1.